The molecule has 0 unspecified atom stereocenters. The van der Waals surface area contributed by atoms with Crippen LogP contribution in [0.2, 0.25) is 0 Å². The summed E-state index contributed by atoms with van der Waals surface area (Å²) in [5.41, 5.74) is -4.51. The van der Waals surface area contributed by atoms with Crippen LogP contribution in [0.5, 0.6) is 0 Å². The topological polar surface area (TPSA) is 43.4 Å². The number of aryl methyl sites for hydroxylation is 1. The van der Waals surface area contributed by atoms with Crippen molar-refractivity contribution in [1.29, 1.82) is 0 Å². The molecule has 0 N–H and O–H groups in total. The minimum absolute atomic E-state index is 0.478. The second kappa shape index (κ2) is 4.88. The van der Waals surface area contributed by atoms with Crippen molar-refractivity contribution in [2.24, 2.45) is 0 Å². The molecule has 0 aliphatic heterocycles. The molecule has 0 aromatic heterocycles. The Labute approximate surface area is 102 Å². The van der Waals surface area contributed by atoms with Gasteiger partial charge in [0, 0.05) is 2.51 Å². The fourth-order valence-corrected chi connectivity index (χ4v) is 3.91. The van der Waals surface area contributed by atoms with Crippen LogP contribution in [0, 0.1) is 10.5 Å². The highest BCUT2D eigenvalue weighted by Gasteiger charge is 2.51. The lowest BCUT2D eigenvalue weighted by molar-refractivity contribution is -0.838. The van der Waals surface area contributed by atoms with Gasteiger partial charge < -0.3 is 0 Å². The number of hydrogen-bond acceptors (Lipinski definition) is 3. The Morgan fingerprint density at radius 2 is 1.94 bits per heavy atom. The molecule has 0 amide bonds. The summed E-state index contributed by atoms with van der Waals surface area (Å²) in [6, 6.07) is 6.52. The van der Waals surface area contributed by atoms with E-state index >= 15 is 0 Å². The maximum atomic E-state index is 11.9. The Bertz CT molecular complexity index is 470. The maximum Gasteiger partial charge on any atom is 0.540 e. The summed E-state index contributed by atoms with van der Waals surface area (Å²) in [6.45, 7) is 1.76. The summed E-state index contributed by atoms with van der Waals surface area (Å²) in [5, 5.41) is 0. The first kappa shape index (κ1) is 13.7. The van der Waals surface area contributed by atoms with Crippen LogP contribution in [0.15, 0.2) is 24.3 Å². The predicted molar refractivity (Wildman–Crippen MR) is 45.9 cm³/mol. The molecule has 0 fully saturated rings. The molecule has 0 saturated carbocycles. The van der Waals surface area contributed by atoms with Crippen LogP contribution in [-0.2, 0) is 12.6 Å². The fourth-order valence-electron chi connectivity index (χ4n) is 0.767. The van der Waals surface area contributed by atoms with Gasteiger partial charge in [-0.3, -0.25) is 0 Å². The van der Waals surface area contributed by atoms with E-state index in [2.05, 4.69) is 2.51 Å². The first-order valence-corrected chi connectivity index (χ1v) is 7.30. The van der Waals surface area contributed by atoms with Crippen molar-refractivity contribution in [3.63, 3.8) is 0 Å². The van der Waals surface area contributed by atoms with Gasteiger partial charge >= 0.3 is 37.2 Å². The molecule has 0 bridgehead atoms. The Kier molecular flexibility index (Phi) is 4.18. The maximum absolute atomic E-state index is 11.9. The normalized spacial score (nSPS) is 12.8. The molecule has 0 aliphatic carbocycles. The zero-order chi connectivity index (χ0) is 12.4. The molecule has 0 aliphatic rings. The summed E-state index contributed by atoms with van der Waals surface area (Å²) < 4.78 is 61.4. The number of benzene rings is 1. The average Bonchev–Trinajstić information content (AvgIpc) is 2.13. The molecule has 0 spiro atoms. The van der Waals surface area contributed by atoms with Crippen LogP contribution >= 0.6 is 0 Å². The van der Waals surface area contributed by atoms with E-state index in [9.17, 15) is 21.6 Å². The van der Waals surface area contributed by atoms with Gasteiger partial charge in [0.2, 0.25) is 3.57 Å². The highest BCUT2D eigenvalue weighted by molar-refractivity contribution is 7.87. The molecule has 3 nitrogen and oxygen atoms in total. The van der Waals surface area contributed by atoms with Gasteiger partial charge in [-0.2, -0.15) is 21.6 Å². The molecular weight excluding hydrogens is 360 g/mol. The molecular formula is C8H7F3IO3S+. The minimum atomic E-state index is -5.46. The lowest BCUT2D eigenvalue weighted by Gasteiger charge is -1.99. The van der Waals surface area contributed by atoms with Gasteiger partial charge in [0.05, 0.1) is 0 Å². The monoisotopic (exact) mass is 367 g/mol. The van der Waals surface area contributed by atoms with Crippen molar-refractivity contribution < 1.29 is 45.7 Å². The van der Waals surface area contributed by atoms with E-state index in [1.807, 2.05) is 0 Å². The highest BCUT2D eigenvalue weighted by atomic mass is 127. The van der Waals surface area contributed by atoms with Crippen LogP contribution in [0.1, 0.15) is 5.56 Å². The lowest BCUT2D eigenvalue weighted by Crippen LogP contribution is -3.62. The molecule has 16 heavy (non-hydrogen) atoms. The average molecular weight is 367 g/mol. The fraction of sp³-hybridized carbons (Fsp3) is 0.250. The molecule has 1 aromatic carbocycles. The molecule has 90 valence electrons. The first-order chi connectivity index (χ1) is 7.22. The summed E-state index contributed by atoms with van der Waals surface area (Å²) in [7, 11) is -5.46. The smallest absolute Gasteiger partial charge is 0.186 e. The van der Waals surface area contributed by atoms with Crippen molar-refractivity contribution in [2.75, 3.05) is 0 Å². The zero-order valence-corrected chi connectivity index (χ0v) is 10.9. The molecule has 1 rings (SSSR count). The number of rotatable bonds is 3. The molecule has 0 radical (unpaired) electrons. The van der Waals surface area contributed by atoms with Crippen LogP contribution in [0.4, 0.5) is 13.2 Å². The zero-order valence-electron chi connectivity index (χ0n) is 7.95. The van der Waals surface area contributed by atoms with Crippen molar-refractivity contribution in [1.82, 2.24) is 0 Å². The second-order valence-corrected chi connectivity index (χ2v) is 7.10. The standard InChI is InChI=1S/C8H7F3IO3S/c1-6-3-2-4-7(5-6)12-15-16(13,14)8(9,10)11/h2-5H,1H3/q+1. The largest absolute Gasteiger partial charge is 0.540 e. The van der Waals surface area contributed by atoms with Gasteiger partial charge in [-0.05, 0) is 24.6 Å². The molecule has 0 atom stereocenters. The van der Waals surface area contributed by atoms with Crippen LogP contribution in [0.25, 0.3) is 0 Å². The van der Waals surface area contributed by atoms with Crippen molar-refractivity contribution >= 4 is 10.1 Å². The van der Waals surface area contributed by atoms with Gasteiger partial charge in [0.15, 0.2) is 0 Å². The van der Waals surface area contributed by atoms with Gasteiger partial charge in [0.25, 0.3) is 0 Å². The Morgan fingerprint density at radius 3 is 2.44 bits per heavy atom. The summed E-state index contributed by atoms with van der Waals surface area (Å²) >= 11 is -1.65. The lowest BCUT2D eigenvalue weighted by atomic mass is 10.2. The molecule has 0 heterocycles. The predicted octanol–water partition coefficient (Wildman–Crippen LogP) is -0.965. The Balaban J connectivity index is 2.73. The van der Waals surface area contributed by atoms with Gasteiger partial charge in [0.1, 0.15) is 0 Å². The number of halogens is 4. The van der Waals surface area contributed by atoms with Crippen LogP contribution < -0.4 is 21.6 Å². The quantitative estimate of drug-likeness (QED) is 0.511. The van der Waals surface area contributed by atoms with E-state index in [0.717, 1.165) is 5.56 Å². The summed E-state index contributed by atoms with van der Waals surface area (Å²) in [5.74, 6) is 0. The van der Waals surface area contributed by atoms with E-state index in [1.54, 1.807) is 25.1 Å². The van der Waals surface area contributed by atoms with Gasteiger partial charge in [-0.1, -0.05) is 12.1 Å². The molecule has 1 aromatic rings. The summed E-state index contributed by atoms with van der Waals surface area (Å²) in [4.78, 5) is 0. The third-order valence-electron chi connectivity index (χ3n) is 1.47. The number of hydrogen-bond donors (Lipinski definition) is 0. The minimum Gasteiger partial charge on any atom is -0.186 e. The van der Waals surface area contributed by atoms with E-state index < -0.39 is 37.2 Å². The number of alkyl halides is 3. The molecule has 0 saturated heterocycles. The van der Waals surface area contributed by atoms with E-state index in [4.69, 9.17) is 0 Å². The Hall–Kier alpha value is -0.350. The second-order valence-electron chi connectivity index (χ2n) is 2.84. The van der Waals surface area contributed by atoms with Gasteiger partial charge in [-0.15, -0.1) is 0 Å². The first-order valence-electron chi connectivity index (χ1n) is 3.94. The third-order valence-corrected chi connectivity index (χ3v) is 5.40. The van der Waals surface area contributed by atoms with Gasteiger partial charge in [-0.25, -0.2) is 0 Å². The third kappa shape index (κ3) is 3.59. The van der Waals surface area contributed by atoms with Crippen LogP contribution in [-0.4, -0.2) is 13.9 Å². The van der Waals surface area contributed by atoms with E-state index in [1.165, 1.54) is 6.07 Å². The SMILES string of the molecule is Cc1cccc([I+]OS(=O)(=O)C(F)(F)F)c1. The van der Waals surface area contributed by atoms with Crippen molar-refractivity contribution in [3.8, 4) is 0 Å². The summed E-state index contributed by atoms with van der Waals surface area (Å²) in [6.07, 6.45) is 0. The highest BCUT2D eigenvalue weighted by Crippen LogP contribution is 2.22. The van der Waals surface area contributed by atoms with E-state index in [0.29, 0.717) is 3.57 Å². The van der Waals surface area contributed by atoms with Crippen molar-refractivity contribution in [2.45, 2.75) is 12.4 Å². The Morgan fingerprint density at radius 1 is 1.31 bits per heavy atom. The van der Waals surface area contributed by atoms with E-state index in [-0.39, 0.29) is 0 Å². The molecule has 8 heteroatoms. The van der Waals surface area contributed by atoms with Crippen LogP contribution in [0.3, 0.4) is 0 Å². The van der Waals surface area contributed by atoms with Crippen molar-refractivity contribution in [3.05, 3.63) is 33.4 Å².